The van der Waals surface area contributed by atoms with E-state index in [2.05, 4.69) is 63.0 Å². The number of aromatic nitrogens is 6. The topological polar surface area (TPSA) is 118 Å². The Hall–Kier alpha value is -5.50. The number of hydrogen-bond acceptors (Lipinski definition) is 8. The first-order valence-corrected chi connectivity index (χ1v) is 14.2. The third kappa shape index (κ3) is 6.76. The van der Waals surface area contributed by atoms with Crippen LogP contribution in [-0.2, 0) is 0 Å². The van der Waals surface area contributed by atoms with Crippen LogP contribution in [0.5, 0.6) is 11.5 Å². The first kappa shape index (κ1) is 30.0. The van der Waals surface area contributed by atoms with Gasteiger partial charge in [0.1, 0.15) is 24.2 Å². The second-order valence-corrected chi connectivity index (χ2v) is 10.9. The second-order valence-electron chi connectivity index (χ2n) is 10.9. The van der Waals surface area contributed by atoms with Crippen LogP contribution in [-0.4, -0.2) is 40.1 Å². The molecule has 0 bridgehead atoms. The summed E-state index contributed by atoms with van der Waals surface area (Å²) in [6.45, 7) is 12.3. The first-order chi connectivity index (χ1) is 21.1. The van der Waals surface area contributed by atoms with E-state index in [9.17, 15) is 10.2 Å². The Morgan fingerprint density at radius 3 is 1.23 bits per heavy atom. The molecule has 0 atom stereocenters. The van der Waals surface area contributed by atoms with E-state index in [-0.39, 0.29) is 11.5 Å². The van der Waals surface area contributed by atoms with E-state index in [4.69, 9.17) is 4.98 Å². The molecule has 2 aromatic heterocycles. The second kappa shape index (κ2) is 12.8. The lowest BCUT2D eigenvalue weighted by atomic mass is 10.0. The molecule has 0 aliphatic heterocycles. The van der Waals surface area contributed by atoms with Crippen molar-refractivity contribution in [2.45, 2.75) is 41.5 Å². The van der Waals surface area contributed by atoms with Crippen LogP contribution >= 0.6 is 0 Å². The van der Waals surface area contributed by atoms with E-state index in [0.29, 0.717) is 23.0 Å². The van der Waals surface area contributed by atoms with Gasteiger partial charge in [0, 0.05) is 22.8 Å². The first-order valence-electron chi connectivity index (χ1n) is 14.2. The molecule has 0 unspecified atom stereocenters. The zero-order valence-corrected chi connectivity index (χ0v) is 25.7. The van der Waals surface area contributed by atoms with Crippen LogP contribution < -0.4 is 0 Å². The predicted molar refractivity (Wildman–Crippen MR) is 173 cm³/mol. The average Bonchev–Trinajstić information content (AvgIpc) is 2.98. The van der Waals surface area contributed by atoms with Crippen molar-refractivity contribution in [1.82, 2.24) is 29.9 Å². The van der Waals surface area contributed by atoms with Crippen LogP contribution in [0, 0.1) is 41.5 Å². The molecule has 4 aromatic carbocycles. The summed E-state index contributed by atoms with van der Waals surface area (Å²) in [6, 6.07) is 22.9. The standard InChI is InChI=1S/C25H23N3O2.C11H11N3/c1-14-5-8-19(16(3)11-14)23-26-24(20-9-6-15(2)12-17(20)4)28-25(27-23)21-10-7-18(29)13-22(21)30;1-8-3-4-10(9(2)5-8)11-13-6-12-7-14-11/h5-13,29-30H,1-4H3;3-7H,1-2H3. The molecule has 8 heteroatoms. The fraction of sp³-hybridized carbons (Fsp3) is 0.167. The fourth-order valence-corrected chi connectivity index (χ4v) is 5.02. The molecule has 0 amide bonds. The zero-order valence-electron chi connectivity index (χ0n) is 25.7. The largest absolute Gasteiger partial charge is 0.508 e. The Morgan fingerprint density at radius 1 is 0.432 bits per heavy atom. The van der Waals surface area contributed by atoms with Gasteiger partial charge in [-0.3, -0.25) is 0 Å². The minimum absolute atomic E-state index is 0.0190. The molecule has 6 rings (SSSR count). The van der Waals surface area contributed by atoms with Crippen LogP contribution in [0.25, 0.3) is 45.6 Å². The van der Waals surface area contributed by atoms with Crippen molar-refractivity contribution in [3.8, 4) is 57.1 Å². The molecule has 0 radical (unpaired) electrons. The molecule has 8 nitrogen and oxygen atoms in total. The number of phenols is 2. The minimum atomic E-state index is -0.0839. The van der Waals surface area contributed by atoms with Gasteiger partial charge in [-0.2, -0.15) is 0 Å². The van der Waals surface area contributed by atoms with Crippen LogP contribution in [0.1, 0.15) is 33.4 Å². The summed E-state index contributed by atoms with van der Waals surface area (Å²) >= 11 is 0. The monoisotopic (exact) mass is 582 g/mol. The lowest BCUT2D eigenvalue weighted by Crippen LogP contribution is -2.02. The van der Waals surface area contributed by atoms with Gasteiger partial charge in [0.05, 0.1) is 5.56 Å². The Labute approximate surface area is 257 Å². The molecule has 220 valence electrons. The van der Waals surface area contributed by atoms with Crippen molar-refractivity contribution < 1.29 is 10.2 Å². The number of nitrogens with zero attached hydrogens (tertiary/aromatic N) is 6. The Kier molecular flexibility index (Phi) is 8.71. The van der Waals surface area contributed by atoms with Crippen LogP contribution in [0.2, 0.25) is 0 Å². The van der Waals surface area contributed by atoms with Crippen molar-refractivity contribution in [2.75, 3.05) is 0 Å². The molecular formula is C36H34N6O2. The normalized spacial score (nSPS) is 10.7. The van der Waals surface area contributed by atoms with E-state index in [1.54, 1.807) is 6.07 Å². The fourth-order valence-electron chi connectivity index (χ4n) is 5.02. The van der Waals surface area contributed by atoms with Gasteiger partial charge in [-0.1, -0.05) is 71.3 Å². The lowest BCUT2D eigenvalue weighted by molar-refractivity contribution is 0.451. The summed E-state index contributed by atoms with van der Waals surface area (Å²) < 4.78 is 0. The number of aromatic hydroxyl groups is 2. The summed E-state index contributed by atoms with van der Waals surface area (Å²) in [6.07, 6.45) is 3.03. The van der Waals surface area contributed by atoms with Gasteiger partial charge in [-0.05, 0) is 70.4 Å². The average molecular weight is 583 g/mol. The number of rotatable bonds is 4. The van der Waals surface area contributed by atoms with E-state index in [1.807, 2.05) is 58.0 Å². The number of benzene rings is 4. The van der Waals surface area contributed by atoms with E-state index in [0.717, 1.165) is 44.8 Å². The van der Waals surface area contributed by atoms with Gasteiger partial charge < -0.3 is 10.2 Å². The number of phenolic OH excluding ortho intramolecular Hbond substituents is 2. The van der Waals surface area contributed by atoms with Crippen LogP contribution in [0.3, 0.4) is 0 Å². The zero-order chi connectivity index (χ0) is 31.4. The highest BCUT2D eigenvalue weighted by Gasteiger charge is 2.17. The van der Waals surface area contributed by atoms with Crippen molar-refractivity contribution in [3.05, 3.63) is 119 Å². The van der Waals surface area contributed by atoms with E-state index < -0.39 is 0 Å². The van der Waals surface area contributed by atoms with Crippen molar-refractivity contribution >= 4 is 0 Å². The molecule has 0 fully saturated rings. The lowest BCUT2D eigenvalue weighted by Gasteiger charge is -2.12. The molecule has 0 saturated carbocycles. The van der Waals surface area contributed by atoms with Gasteiger partial charge in [-0.25, -0.2) is 29.9 Å². The molecule has 0 saturated heterocycles. The molecule has 0 aliphatic rings. The Bertz CT molecular complexity index is 1790. The number of hydrogen-bond donors (Lipinski definition) is 2. The van der Waals surface area contributed by atoms with E-state index >= 15 is 0 Å². The molecule has 0 aliphatic carbocycles. The highest BCUT2D eigenvalue weighted by molar-refractivity contribution is 5.72. The summed E-state index contributed by atoms with van der Waals surface area (Å²) in [5.74, 6) is 2.07. The Balaban J connectivity index is 0.000000229. The maximum Gasteiger partial charge on any atom is 0.167 e. The number of aryl methyl sites for hydroxylation is 6. The third-order valence-electron chi connectivity index (χ3n) is 7.22. The summed E-state index contributed by atoms with van der Waals surface area (Å²) in [5.41, 5.74) is 10.2. The maximum atomic E-state index is 10.4. The van der Waals surface area contributed by atoms with Gasteiger partial charge in [0.25, 0.3) is 0 Å². The highest BCUT2D eigenvalue weighted by atomic mass is 16.3. The molecule has 0 spiro atoms. The van der Waals surface area contributed by atoms with Crippen molar-refractivity contribution in [2.24, 2.45) is 0 Å². The smallest absolute Gasteiger partial charge is 0.167 e. The SMILES string of the molecule is Cc1ccc(-c2nc(-c3ccc(C)cc3C)nc(-c3ccc(O)cc3O)n2)c(C)c1.Cc1ccc(-c2ncncn2)c(C)c1. The molecular weight excluding hydrogens is 548 g/mol. The van der Waals surface area contributed by atoms with Gasteiger partial charge in [-0.15, -0.1) is 0 Å². The van der Waals surface area contributed by atoms with E-state index in [1.165, 1.54) is 35.9 Å². The summed E-state index contributed by atoms with van der Waals surface area (Å²) in [5, 5.41) is 20.1. The molecule has 2 heterocycles. The van der Waals surface area contributed by atoms with Gasteiger partial charge in [0.15, 0.2) is 23.3 Å². The highest BCUT2D eigenvalue weighted by Crippen LogP contribution is 2.33. The maximum absolute atomic E-state index is 10.4. The molecule has 44 heavy (non-hydrogen) atoms. The quantitative estimate of drug-likeness (QED) is 0.217. The summed E-state index contributed by atoms with van der Waals surface area (Å²) in [4.78, 5) is 26.1. The minimum Gasteiger partial charge on any atom is -0.508 e. The summed E-state index contributed by atoms with van der Waals surface area (Å²) in [7, 11) is 0. The predicted octanol–water partition coefficient (Wildman–Crippen LogP) is 7.67. The van der Waals surface area contributed by atoms with Gasteiger partial charge in [0.2, 0.25) is 0 Å². The van der Waals surface area contributed by atoms with Crippen LogP contribution in [0.4, 0.5) is 0 Å². The Morgan fingerprint density at radius 2 is 0.818 bits per heavy atom. The van der Waals surface area contributed by atoms with Crippen LogP contribution in [0.15, 0.2) is 85.5 Å². The van der Waals surface area contributed by atoms with Crippen molar-refractivity contribution in [3.63, 3.8) is 0 Å². The molecule has 2 N–H and O–H groups in total. The van der Waals surface area contributed by atoms with Gasteiger partial charge >= 0.3 is 0 Å². The molecule has 6 aromatic rings. The third-order valence-corrected chi connectivity index (χ3v) is 7.22. The van der Waals surface area contributed by atoms with Crippen molar-refractivity contribution in [1.29, 1.82) is 0 Å².